The van der Waals surface area contributed by atoms with Crippen molar-refractivity contribution in [3.63, 3.8) is 0 Å². The molecule has 0 radical (unpaired) electrons. The zero-order valence-electron chi connectivity index (χ0n) is 10.3. The summed E-state index contributed by atoms with van der Waals surface area (Å²) >= 11 is 0. The third-order valence-corrected chi connectivity index (χ3v) is 3.12. The average Bonchev–Trinajstić information content (AvgIpc) is 2.33. The highest BCUT2D eigenvalue weighted by molar-refractivity contribution is 5.75. The van der Waals surface area contributed by atoms with E-state index >= 15 is 0 Å². The van der Waals surface area contributed by atoms with Crippen LogP contribution in [0.5, 0.6) is 0 Å². The Labute approximate surface area is 102 Å². The Balaban J connectivity index is 1.76. The van der Waals surface area contributed by atoms with E-state index in [0.717, 1.165) is 5.56 Å². The monoisotopic (exact) mass is 234 g/mol. The first-order chi connectivity index (χ1) is 8.13. The average molecular weight is 234 g/mol. The van der Waals surface area contributed by atoms with Crippen molar-refractivity contribution >= 4 is 6.03 Å². The Bertz CT molecular complexity index is 386. The van der Waals surface area contributed by atoms with Gasteiger partial charge in [-0.15, -0.1) is 0 Å². The van der Waals surface area contributed by atoms with E-state index in [0.29, 0.717) is 19.6 Å². The van der Waals surface area contributed by atoms with Crippen molar-refractivity contribution in [3.05, 3.63) is 35.9 Å². The molecule has 1 aliphatic rings. The topological polar surface area (TPSA) is 41.6 Å². The van der Waals surface area contributed by atoms with E-state index in [1.54, 1.807) is 12.0 Å². The molecule has 0 unspecified atom stereocenters. The van der Waals surface area contributed by atoms with Crippen LogP contribution >= 0.6 is 0 Å². The maximum atomic E-state index is 11.8. The minimum absolute atomic E-state index is 0.0246. The van der Waals surface area contributed by atoms with Crippen LogP contribution in [0.2, 0.25) is 0 Å². The van der Waals surface area contributed by atoms with Gasteiger partial charge < -0.3 is 15.0 Å². The van der Waals surface area contributed by atoms with Crippen LogP contribution in [0.4, 0.5) is 4.79 Å². The van der Waals surface area contributed by atoms with Gasteiger partial charge in [0.2, 0.25) is 0 Å². The van der Waals surface area contributed by atoms with Gasteiger partial charge in [-0.05, 0) is 12.5 Å². The van der Waals surface area contributed by atoms with Gasteiger partial charge in [0.25, 0.3) is 0 Å². The SMILES string of the molecule is COC1(C)CN(C(=O)NCc2ccccc2)C1. The summed E-state index contributed by atoms with van der Waals surface area (Å²) in [4.78, 5) is 13.5. The first kappa shape index (κ1) is 11.9. The van der Waals surface area contributed by atoms with Crippen molar-refractivity contribution in [3.8, 4) is 0 Å². The van der Waals surface area contributed by atoms with Crippen molar-refractivity contribution in [2.75, 3.05) is 20.2 Å². The highest BCUT2D eigenvalue weighted by Crippen LogP contribution is 2.23. The van der Waals surface area contributed by atoms with Gasteiger partial charge in [-0.25, -0.2) is 4.79 Å². The van der Waals surface area contributed by atoms with Crippen LogP contribution in [-0.2, 0) is 11.3 Å². The molecule has 2 rings (SSSR count). The van der Waals surface area contributed by atoms with Gasteiger partial charge in [-0.2, -0.15) is 0 Å². The van der Waals surface area contributed by atoms with Gasteiger partial charge in [0.15, 0.2) is 0 Å². The molecule has 1 aliphatic heterocycles. The summed E-state index contributed by atoms with van der Waals surface area (Å²) in [6.45, 7) is 3.89. The zero-order valence-corrected chi connectivity index (χ0v) is 10.3. The number of nitrogens with zero attached hydrogens (tertiary/aromatic N) is 1. The van der Waals surface area contributed by atoms with Crippen LogP contribution in [0.15, 0.2) is 30.3 Å². The summed E-state index contributed by atoms with van der Waals surface area (Å²) in [6, 6.07) is 9.86. The molecular weight excluding hydrogens is 216 g/mol. The third-order valence-electron chi connectivity index (χ3n) is 3.12. The molecule has 0 aromatic heterocycles. The summed E-state index contributed by atoms with van der Waals surface area (Å²) in [5.41, 5.74) is 0.945. The molecule has 4 nitrogen and oxygen atoms in total. The Kier molecular flexibility index (Phi) is 3.33. The second-order valence-electron chi connectivity index (χ2n) is 4.65. The summed E-state index contributed by atoms with van der Waals surface area (Å²) in [6.07, 6.45) is 0. The summed E-state index contributed by atoms with van der Waals surface area (Å²) in [7, 11) is 1.68. The Morgan fingerprint density at radius 2 is 2.06 bits per heavy atom. The van der Waals surface area contributed by atoms with Crippen LogP contribution in [0.25, 0.3) is 0 Å². The molecule has 1 fully saturated rings. The van der Waals surface area contributed by atoms with Gasteiger partial charge in [0.1, 0.15) is 5.60 Å². The molecule has 0 aliphatic carbocycles. The fraction of sp³-hybridized carbons (Fsp3) is 0.462. The number of nitrogens with one attached hydrogen (secondary N) is 1. The molecular formula is C13H18N2O2. The molecule has 0 spiro atoms. The van der Waals surface area contributed by atoms with Gasteiger partial charge in [-0.3, -0.25) is 0 Å². The van der Waals surface area contributed by atoms with E-state index in [-0.39, 0.29) is 11.6 Å². The van der Waals surface area contributed by atoms with Crippen molar-refractivity contribution < 1.29 is 9.53 Å². The van der Waals surface area contributed by atoms with E-state index in [1.165, 1.54) is 0 Å². The van der Waals surface area contributed by atoms with E-state index in [4.69, 9.17) is 4.74 Å². The van der Waals surface area contributed by atoms with E-state index in [9.17, 15) is 4.79 Å². The van der Waals surface area contributed by atoms with Gasteiger partial charge in [0, 0.05) is 13.7 Å². The van der Waals surface area contributed by atoms with E-state index in [1.807, 2.05) is 37.3 Å². The molecule has 0 bridgehead atoms. The van der Waals surface area contributed by atoms with Crippen molar-refractivity contribution in [2.45, 2.75) is 19.1 Å². The van der Waals surface area contributed by atoms with E-state index < -0.39 is 0 Å². The predicted octanol–water partition coefficient (Wildman–Crippen LogP) is 1.62. The number of hydrogen-bond donors (Lipinski definition) is 1. The van der Waals surface area contributed by atoms with Crippen LogP contribution in [0.1, 0.15) is 12.5 Å². The molecule has 92 valence electrons. The first-order valence-corrected chi connectivity index (χ1v) is 5.75. The largest absolute Gasteiger partial charge is 0.375 e. The minimum atomic E-state index is -0.163. The van der Waals surface area contributed by atoms with Crippen LogP contribution < -0.4 is 5.32 Å². The molecule has 0 saturated carbocycles. The lowest BCUT2D eigenvalue weighted by molar-refractivity contribution is -0.0910. The van der Waals surface area contributed by atoms with Crippen LogP contribution in [0, 0.1) is 0 Å². The number of carbonyl (C=O) groups is 1. The van der Waals surface area contributed by atoms with Crippen molar-refractivity contribution in [2.24, 2.45) is 0 Å². The number of hydrogen-bond acceptors (Lipinski definition) is 2. The van der Waals surface area contributed by atoms with Gasteiger partial charge in [0.05, 0.1) is 13.1 Å². The summed E-state index contributed by atoms with van der Waals surface area (Å²) in [5.74, 6) is 0. The normalized spacial score (nSPS) is 17.4. The number of benzene rings is 1. The number of ether oxygens (including phenoxy) is 1. The second kappa shape index (κ2) is 4.75. The molecule has 4 heteroatoms. The van der Waals surface area contributed by atoms with Gasteiger partial charge in [-0.1, -0.05) is 30.3 Å². The second-order valence-corrected chi connectivity index (χ2v) is 4.65. The fourth-order valence-corrected chi connectivity index (χ4v) is 1.92. The lowest BCUT2D eigenvalue weighted by Gasteiger charge is -2.46. The molecule has 2 amide bonds. The van der Waals surface area contributed by atoms with E-state index in [2.05, 4.69) is 5.32 Å². The maximum Gasteiger partial charge on any atom is 0.317 e. The smallest absolute Gasteiger partial charge is 0.317 e. The summed E-state index contributed by atoms with van der Waals surface area (Å²) in [5, 5.41) is 2.89. The molecule has 0 atom stereocenters. The maximum absolute atomic E-state index is 11.8. The van der Waals surface area contributed by atoms with Gasteiger partial charge >= 0.3 is 6.03 Å². The first-order valence-electron chi connectivity index (χ1n) is 5.75. The number of methoxy groups -OCH3 is 1. The number of amides is 2. The molecule has 17 heavy (non-hydrogen) atoms. The predicted molar refractivity (Wildman–Crippen MR) is 65.7 cm³/mol. The third kappa shape index (κ3) is 2.77. The highest BCUT2D eigenvalue weighted by atomic mass is 16.5. The van der Waals surface area contributed by atoms with Crippen molar-refractivity contribution in [1.82, 2.24) is 10.2 Å². The minimum Gasteiger partial charge on any atom is -0.375 e. The number of urea groups is 1. The number of carbonyl (C=O) groups excluding carboxylic acids is 1. The number of likely N-dealkylation sites (tertiary alicyclic amines) is 1. The zero-order chi connectivity index (χ0) is 12.3. The van der Waals surface area contributed by atoms with Crippen LogP contribution in [-0.4, -0.2) is 36.7 Å². The lowest BCUT2D eigenvalue weighted by atomic mass is 9.97. The molecule has 1 aromatic carbocycles. The number of rotatable bonds is 3. The Hall–Kier alpha value is -1.55. The Morgan fingerprint density at radius 1 is 1.41 bits per heavy atom. The standard InChI is InChI=1S/C13H18N2O2/c1-13(17-2)9-15(10-13)12(16)14-8-11-6-4-3-5-7-11/h3-7H,8-10H2,1-2H3,(H,14,16). The van der Waals surface area contributed by atoms with Crippen LogP contribution in [0.3, 0.4) is 0 Å². The molecule has 1 N–H and O–H groups in total. The molecule has 1 heterocycles. The quantitative estimate of drug-likeness (QED) is 0.863. The Morgan fingerprint density at radius 3 is 2.65 bits per heavy atom. The molecule has 1 aromatic rings. The lowest BCUT2D eigenvalue weighted by Crippen LogP contribution is -2.64. The summed E-state index contributed by atoms with van der Waals surface area (Å²) < 4.78 is 5.30. The van der Waals surface area contributed by atoms with Crippen molar-refractivity contribution in [1.29, 1.82) is 0 Å². The fourth-order valence-electron chi connectivity index (χ4n) is 1.92. The molecule has 1 saturated heterocycles. The highest BCUT2D eigenvalue weighted by Gasteiger charge is 2.41.